The molecule has 0 fully saturated rings. The summed E-state index contributed by atoms with van der Waals surface area (Å²) in [6.45, 7) is 0.515. The van der Waals surface area contributed by atoms with Crippen molar-refractivity contribution in [2.75, 3.05) is 11.9 Å². The summed E-state index contributed by atoms with van der Waals surface area (Å²) in [6.07, 6.45) is 0. The molecule has 3 rings (SSSR count). The quantitative estimate of drug-likeness (QED) is 0.894. The zero-order chi connectivity index (χ0) is 13.2. The molecule has 0 saturated carbocycles. The summed E-state index contributed by atoms with van der Waals surface area (Å²) in [5, 5.41) is 11.9. The molecule has 2 aromatic rings. The van der Waals surface area contributed by atoms with Crippen molar-refractivity contribution < 1.29 is 9.13 Å². The highest BCUT2D eigenvalue weighted by Crippen LogP contribution is 2.34. The number of benzene rings is 2. The molecule has 1 unspecified atom stereocenters. The zero-order valence-electron chi connectivity index (χ0n) is 10.1. The van der Waals surface area contributed by atoms with Gasteiger partial charge in [-0.1, -0.05) is 18.2 Å². The summed E-state index contributed by atoms with van der Waals surface area (Å²) in [5.41, 5.74) is 1.75. The Morgan fingerprint density at radius 3 is 2.89 bits per heavy atom. The number of para-hydroxylation sites is 1. The molecular formula is C15H11FN2O. The van der Waals surface area contributed by atoms with Crippen molar-refractivity contribution >= 4 is 5.69 Å². The van der Waals surface area contributed by atoms with Crippen LogP contribution in [-0.2, 0) is 0 Å². The first-order valence-corrected chi connectivity index (χ1v) is 5.96. The van der Waals surface area contributed by atoms with Crippen LogP contribution in [0.4, 0.5) is 10.1 Å². The van der Waals surface area contributed by atoms with E-state index in [-0.39, 0.29) is 11.6 Å². The van der Waals surface area contributed by atoms with E-state index in [0.29, 0.717) is 12.3 Å². The molecule has 0 aromatic heterocycles. The van der Waals surface area contributed by atoms with Crippen LogP contribution < -0.4 is 10.1 Å². The second-order valence-electron chi connectivity index (χ2n) is 4.35. The maximum Gasteiger partial charge on any atom is 0.143 e. The van der Waals surface area contributed by atoms with Gasteiger partial charge < -0.3 is 10.1 Å². The zero-order valence-corrected chi connectivity index (χ0v) is 10.1. The van der Waals surface area contributed by atoms with E-state index >= 15 is 0 Å². The fourth-order valence-corrected chi connectivity index (χ4v) is 2.18. The minimum absolute atomic E-state index is 0.00327. The predicted octanol–water partition coefficient (Wildman–Crippen LogP) is 3.24. The molecule has 0 saturated heterocycles. The van der Waals surface area contributed by atoms with Crippen LogP contribution >= 0.6 is 0 Å². The highest BCUT2D eigenvalue weighted by Gasteiger charge is 2.23. The second-order valence-corrected chi connectivity index (χ2v) is 4.35. The molecule has 4 heteroatoms. The van der Waals surface area contributed by atoms with Gasteiger partial charge in [-0.15, -0.1) is 0 Å². The highest BCUT2D eigenvalue weighted by atomic mass is 19.1. The molecule has 1 atom stereocenters. The van der Waals surface area contributed by atoms with Crippen molar-refractivity contribution in [1.82, 2.24) is 0 Å². The van der Waals surface area contributed by atoms with Crippen LogP contribution in [0.15, 0.2) is 42.5 Å². The van der Waals surface area contributed by atoms with Gasteiger partial charge in [0, 0.05) is 11.3 Å². The van der Waals surface area contributed by atoms with Crippen LogP contribution in [0.2, 0.25) is 0 Å². The average molecular weight is 254 g/mol. The lowest BCUT2D eigenvalue weighted by Gasteiger charge is -2.13. The van der Waals surface area contributed by atoms with Crippen molar-refractivity contribution in [3.63, 3.8) is 0 Å². The first-order valence-electron chi connectivity index (χ1n) is 5.96. The lowest BCUT2D eigenvalue weighted by molar-refractivity contribution is 0.340. The van der Waals surface area contributed by atoms with E-state index in [1.54, 1.807) is 12.1 Å². The Morgan fingerprint density at radius 2 is 2.11 bits per heavy atom. The Labute approximate surface area is 110 Å². The number of ether oxygens (including phenoxy) is 1. The third kappa shape index (κ3) is 2.11. The first kappa shape index (κ1) is 11.5. The maximum atomic E-state index is 13.5. The minimum Gasteiger partial charge on any atom is -0.491 e. The fourth-order valence-electron chi connectivity index (χ4n) is 2.18. The Hall–Kier alpha value is -2.54. The van der Waals surface area contributed by atoms with Crippen LogP contribution in [-0.4, -0.2) is 6.61 Å². The molecule has 2 aromatic carbocycles. The number of rotatable bonds is 2. The standard InChI is InChI=1S/C15H11FN2O/c16-13-7-11(6-5-10(13)8-17)18-14-9-19-15-4-2-1-3-12(14)15/h1-7,14,18H,9H2. The predicted molar refractivity (Wildman–Crippen MR) is 69.4 cm³/mol. The molecule has 94 valence electrons. The fraction of sp³-hybridized carbons (Fsp3) is 0.133. The topological polar surface area (TPSA) is 45.0 Å². The monoisotopic (exact) mass is 254 g/mol. The molecule has 0 amide bonds. The molecule has 1 heterocycles. The average Bonchev–Trinajstić information content (AvgIpc) is 2.83. The van der Waals surface area contributed by atoms with E-state index in [1.165, 1.54) is 12.1 Å². The van der Waals surface area contributed by atoms with Crippen molar-refractivity contribution in [2.24, 2.45) is 0 Å². The summed E-state index contributed by atoms with van der Waals surface area (Å²) < 4.78 is 19.1. The van der Waals surface area contributed by atoms with Gasteiger partial charge in [0.25, 0.3) is 0 Å². The number of nitrogens with one attached hydrogen (secondary N) is 1. The van der Waals surface area contributed by atoms with Crippen LogP contribution in [0.3, 0.4) is 0 Å². The Balaban J connectivity index is 1.84. The maximum absolute atomic E-state index is 13.5. The van der Waals surface area contributed by atoms with Crippen LogP contribution in [0, 0.1) is 17.1 Å². The Kier molecular flexibility index (Phi) is 2.81. The van der Waals surface area contributed by atoms with Gasteiger partial charge in [0.1, 0.15) is 24.2 Å². The normalized spacial score (nSPS) is 16.3. The number of hydrogen-bond acceptors (Lipinski definition) is 3. The highest BCUT2D eigenvalue weighted by molar-refractivity contribution is 5.52. The number of nitriles is 1. The minimum atomic E-state index is -0.514. The van der Waals surface area contributed by atoms with Gasteiger partial charge in [-0.3, -0.25) is 0 Å². The van der Waals surface area contributed by atoms with Crippen LogP contribution in [0.1, 0.15) is 17.2 Å². The summed E-state index contributed by atoms with van der Waals surface area (Å²) in [6, 6.07) is 14.1. The molecule has 0 radical (unpaired) electrons. The molecule has 1 N–H and O–H groups in total. The molecular weight excluding hydrogens is 243 g/mol. The summed E-state index contributed by atoms with van der Waals surface area (Å²) in [5.74, 6) is 0.341. The summed E-state index contributed by atoms with van der Waals surface area (Å²) >= 11 is 0. The van der Waals surface area contributed by atoms with Crippen molar-refractivity contribution in [3.8, 4) is 11.8 Å². The number of hydrogen-bond donors (Lipinski definition) is 1. The van der Waals surface area contributed by atoms with E-state index < -0.39 is 5.82 Å². The van der Waals surface area contributed by atoms with Gasteiger partial charge in [-0.05, 0) is 24.3 Å². The molecule has 19 heavy (non-hydrogen) atoms. The van der Waals surface area contributed by atoms with Crippen LogP contribution in [0.5, 0.6) is 5.75 Å². The third-order valence-electron chi connectivity index (χ3n) is 3.13. The smallest absolute Gasteiger partial charge is 0.143 e. The van der Waals surface area contributed by atoms with Gasteiger partial charge in [-0.25, -0.2) is 4.39 Å². The molecule has 0 spiro atoms. The number of fused-ring (bicyclic) bond motifs is 1. The molecule has 1 aliphatic heterocycles. The molecule has 1 aliphatic rings. The van der Waals surface area contributed by atoms with E-state index in [1.807, 2.05) is 24.3 Å². The summed E-state index contributed by atoms with van der Waals surface area (Å²) in [4.78, 5) is 0. The van der Waals surface area contributed by atoms with Crippen molar-refractivity contribution in [2.45, 2.75) is 6.04 Å². The number of anilines is 1. The first-order chi connectivity index (χ1) is 9.28. The second kappa shape index (κ2) is 4.62. The lowest BCUT2D eigenvalue weighted by Crippen LogP contribution is -2.12. The molecule has 0 bridgehead atoms. The Bertz CT molecular complexity index is 663. The van der Waals surface area contributed by atoms with Crippen LogP contribution in [0.25, 0.3) is 0 Å². The third-order valence-corrected chi connectivity index (χ3v) is 3.13. The van der Waals surface area contributed by atoms with E-state index in [2.05, 4.69) is 5.32 Å². The Morgan fingerprint density at radius 1 is 1.26 bits per heavy atom. The van der Waals surface area contributed by atoms with Crippen molar-refractivity contribution in [1.29, 1.82) is 5.26 Å². The molecule has 3 nitrogen and oxygen atoms in total. The van der Waals surface area contributed by atoms with Gasteiger partial charge in [0.05, 0.1) is 11.6 Å². The number of nitrogens with zero attached hydrogens (tertiary/aromatic N) is 1. The van der Waals surface area contributed by atoms with E-state index in [0.717, 1.165) is 11.3 Å². The number of halogens is 1. The molecule has 0 aliphatic carbocycles. The van der Waals surface area contributed by atoms with Crippen molar-refractivity contribution in [3.05, 3.63) is 59.4 Å². The summed E-state index contributed by atoms with van der Waals surface area (Å²) in [7, 11) is 0. The largest absolute Gasteiger partial charge is 0.491 e. The lowest BCUT2D eigenvalue weighted by atomic mass is 10.1. The van der Waals surface area contributed by atoms with E-state index in [4.69, 9.17) is 10.00 Å². The van der Waals surface area contributed by atoms with Gasteiger partial charge in [0.15, 0.2) is 0 Å². The van der Waals surface area contributed by atoms with Gasteiger partial charge in [-0.2, -0.15) is 5.26 Å². The van der Waals surface area contributed by atoms with E-state index in [9.17, 15) is 4.39 Å². The van der Waals surface area contributed by atoms with Gasteiger partial charge >= 0.3 is 0 Å². The van der Waals surface area contributed by atoms with Gasteiger partial charge in [0.2, 0.25) is 0 Å². The SMILES string of the molecule is N#Cc1ccc(NC2COc3ccccc32)cc1F.